The maximum absolute atomic E-state index is 14.1. The molecule has 84 heavy (non-hydrogen) atoms. The molecule has 0 atom stereocenters. The molecule has 22 nitrogen and oxygen atoms in total. The Morgan fingerprint density at radius 2 is 0.631 bits per heavy atom. The maximum Gasteiger partial charge on any atom is 1.00 e. The molecule has 7 rings (SSSR count). The van der Waals surface area contributed by atoms with Gasteiger partial charge in [0.25, 0.3) is 23.6 Å². The van der Waals surface area contributed by atoms with Gasteiger partial charge in [0.1, 0.15) is 40.5 Å². The molecule has 30 heteroatoms. The molecule has 7 aromatic carbocycles. The van der Waals surface area contributed by atoms with Crippen LogP contribution in [0.5, 0.6) is 0 Å². The van der Waals surface area contributed by atoms with E-state index in [1.165, 1.54) is 103 Å². The molecule has 0 fully saturated rings. The molecule has 0 heterocycles. The molecule has 0 radical (unpaired) electrons. The number of Topliss-reactive ketones (excluding diaryl/α,β-unsaturated/α-hetero) is 2. The molecule has 7 aromatic rings. The van der Waals surface area contributed by atoms with E-state index in [1.54, 1.807) is 0 Å². The fourth-order valence-electron chi connectivity index (χ4n) is 7.92. The van der Waals surface area contributed by atoms with Crippen molar-refractivity contribution < 1.29 is 199 Å². The van der Waals surface area contributed by atoms with Crippen molar-refractivity contribution in [3.8, 4) is 0 Å². The zero-order valence-electron chi connectivity index (χ0n) is 45.2. The fourth-order valence-corrected chi connectivity index (χ4v) is 10.1. The van der Waals surface area contributed by atoms with Crippen LogP contribution >= 0.6 is 0 Å². The first-order valence-electron chi connectivity index (χ1n) is 23.5. The summed E-state index contributed by atoms with van der Waals surface area (Å²) >= 11 is 0. The third-order valence-corrected chi connectivity index (χ3v) is 15.3. The van der Waals surface area contributed by atoms with E-state index in [4.69, 9.17) is 0 Å². The largest absolute Gasteiger partial charge is 1.00 e. The van der Waals surface area contributed by atoms with Gasteiger partial charge < -0.3 is 39.5 Å². The normalized spacial score (nSPS) is 11.2. The van der Waals surface area contributed by atoms with E-state index in [2.05, 4.69) is 21.3 Å². The van der Waals surface area contributed by atoms with Crippen molar-refractivity contribution in [2.75, 3.05) is 10.6 Å². The number of hydrogen-bond donors (Lipinski definition) is 4. The first-order valence-corrected chi connectivity index (χ1v) is 29.1. The predicted octanol–water partition coefficient (Wildman–Crippen LogP) is -6.69. The second kappa shape index (κ2) is 31.9. The Bertz CT molecular complexity index is 3880. The van der Waals surface area contributed by atoms with Gasteiger partial charge in [-0.15, -0.1) is 0 Å². The second-order valence-corrected chi connectivity index (χ2v) is 23.1. The van der Waals surface area contributed by atoms with Crippen molar-refractivity contribution >= 4 is 87.0 Å². The summed E-state index contributed by atoms with van der Waals surface area (Å²) in [6, 6.07) is 32.2. The number of benzene rings is 7. The molecule has 0 aliphatic carbocycles. The summed E-state index contributed by atoms with van der Waals surface area (Å²) in [6.07, 6.45) is -0.500. The first-order chi connectivity index (χ1) is 37.6. The van der Waals surface area contributed by atoms with E-state index in [0.717, 1.165) is 54.6 Å². The Balaban J connectivity index is 0.00000462. The van der Waals surface area contributed by atoms with E-state index in [9.17, 15) is 80.6 Å². The van der Waals surface area contributed by atoms with Crippen LogP contribution in [0.2, 0.25) is 0 Å². The SMILES string of the molecule is O=C(CCc1cccc(S(=O)(=O)[O-])c1)c1ccc(C(=O)NCc2cccc(S(=O)(=O)[O-])c2)c(NC(=O)c2cccc(C(=O)Nc3cc(C(=O)CCc4cccc(S(=O)(=O)[O-])c4)ccc3C(=O)NCc3cccc(S(=O)(=O)[O-])c3)c2)c1.[Na+].[Na+].[Na+].[Na+]. The molecular formula is C54H42N4Na4O18S4. The van der Waals surface area contributed by atoms with Gasteiger partial charge in [0.15, 0.2) is 11.6 Å². The second-order valence-electron chi connectivity index (χ2n) is 17.6. The topological polar surface area (TPSA) is 379 Å². The molecule has 414 valence electrons. The van der Waals surface area contributed by atoms with E-state index in [0.29, 0.717) is 11.1 Å². The van der Waals surface area contributed by atoms with Crippen molar-refractivity contribution in [1.29, 1.82) is 0 Å². The number of nitrogens with one attached hydrogen (secondary N) is 4. The van der Waals surface area contributed by atoms with Crippen LogP contribution in [0.25, 0.3) is 0 Å². The molecule has 0 unspecified atom stereocenters. The van der Waals surface area contributed by atoms with Gasteiger partial charge in [-0.2, -0.15) is 0 Å². The van der Waals surface area contributed by atoms with Crippen molar-refractivity contribution in [1.82, 2.24) is 10.6 Å². The third-order valence-electron chi connectivity index (χ3n) is 12.0. The van der Waals surface area contributed by atoms with Crippen molar-refractivity contribution in [3.63, 3.8) is 0 Å². The number of carbonyl (C=O) groups excluding carboxylic acids is 6. The molecule has 0 aliphatic heterocycles. The van der Waals surface area contributed by atoms with Crippen LogP contribution in [-0.2, 0) is 66.4 Å². The van der Waals surface area contributed by atoms with Crippen molar-refractivity contribution in [2.45, 2.75) is 58.4 Å². The summed E-state index contributed by atoms with van der Waals surface area (Å²) < 4.78 is 139. The molecule has 0 aromatic heterocycles. The van der Waals surface area contributed by atoms with Gasteiger partial charge in [-0.05, 0) is 126 Å². The Morgan fingerprint density at radius 1 is 0.333 bits per heavy atom. The monoisotopic (exact) mass is 1250 g/mol. The van der Waals surface area contributed by atoms with Crippen LogP contribution in [0.15, 0.2) is 177 Å². The minimum absolute atomic E-state index is 0. The van der Waals surface area contributed by atoms with Crippen LogP contribution in [-0.4, -0.2) is 87.1 Å². The number of anilines is 2. The van der Waals surface area contributed by atoms with Crippen LogP contribution in [0, 0.1) is 0 Å². The number of rotatable bonds is 22. The first kappa shape index (κ1) is 73.7. The summed E-state index contributed by atoms with van der Waals surface area (Å²) in [5, 5.41) is 10.3. The van der Waals surface area contributed by atoms with Crippen LogP contribution in [0.1, 0.15) is 97.2 Å². The van der Waals surface area contributed by atoms with Crippen molar-refractivity contribution in [2.24, 2.45) is 0 Å². The average Bonchev–Trinajstić information content (AvgIpc) is 3.49. The van der Waals surface area contributed by atoms with E-state index in [1.807, 2.05) is 0 Å². The molecule has 0 bridgehead atoms. The van der Waals surface area contributed by atoms with Crippen LogP contribution in [0.3, 0.4) is 0 Å². The molecular weight excluding hydrogens is 1210 g/mol. The zero-order valence-corrected chi connectivity index (χ0v) is 56.5. The number of ketones is 2. The van der Waals surface area contributed by atoms with Crippen molar-refractivity contribution in [3.05, 3.63) is 213 Å². The molecule has 4 N–H and O–H groups in total. The number of carbonyl (C=O) groups is 6. The summed E-state index contributed by atoms with van der Waals surface area (Å²) in [6.45, 7) is -0.609. The van der Waals surface area contributed by atoms with E-state index < -0.39 is 95.2 Å². The number of amides is 4. The fraction of sp³-hybridized carbons (Fsp3) is 0.111. The number of aryl methyl sites for hydroxylation is 2. The summed E-state index contributed by atoms with van der Waals surface area (Å²) in [5.41, 5.74) is -0.211. The molecule has 0 saturated heterocycles. The average molecular weight is 1260 g/mol. The Hall–Kier alpha value is -4.60. The Labute approximate surface area is 571 Å². The van der Waals surface area contributed by atoms with Gasteiger partial charge in [0, 0.05) is 48.2 Å². The van der Waals surface area contributed by atoms with E-state index in [-0.39, 0.29) is 213 Å². The summed E-state index contributed by atoms with van der Waals surface area (Å²) in [5.74, 6) is -4.62. The summed E-state index contributed by atoms with van der Waals surface area (Å²) in [7, 11) is -19.3. The quantitative estimate of drug-likeness (QED) is 0.0278. The van der Waals surface area contributed by atoms with Gasteiger partial charge in [0.05, 0.1) is 42.1 Å². The molecule has 0 aliphatic rings. The maximum atomic E-state index is 14.1. The van der Waals surface area contributed by atoms with Gasteiger partial charge in [-0.1, -0.05) is 66.7 Å². The van der Waals surface area contributed by atoms with Gasteiger partial charge in [0.2, 0.25) is 0 Å². The Kier molecular flexibility index (Phi) is 27.9. The minimum Gasteiger partial charge on any atom is -0.744 e. The number of hydrogen-bond acceptors (Lipinski definition) is 18. The van der Waals surface area contributed by atoms with Gasteiger partial charge in [-0.3, -0.25) is 28.8 Å². The molecule has 0 spiro atoms. The smallest absolute Gasteiger partial charge is 0.744 e. The molecule has 4 amide bonds. The van der Waals surface area contributed by atoms with Crippen LogP contribution in [0.4, 0.5) is 11.4 Å². The third kappa shape index (κ3) is 20.8. The van der Waals surface area contributed by atoms with Gasteiger partial charge >= 0.3 is 118 Å². The Morgan fingerprint density at radius 3 is 0.952 bits per heavy atom. The minimum atomic E-state index is -4.85. The standard InChI is InChI=1S/C54H46N4O18S4.4Na/c59-49(22-16-33-6-1-12-41(24-33)77(65,66)67)37-18-20-45(53(63)55-31-35-8-3-14-43(26-35)79(71,72)73)47(29-37)57-51(61)39-10-5-11-40(28-39)52(62)58-48-30-38(50(60)23-17-34-7-2-13-42(25-34)78(68,69)70)19-21-46(48)54(64)56-32-36-9-4-15-44(27-36)80(74,75)76;;;;/h1-15,18-21,24-30H,16-17,22-23,31-32H2,(H,55,63)(H,56,64)(H,57,61)(H,58,62)(H,65,66,67)(H,68,69,70)(H,71,72,73)(H,74,75,76);;;;/q;4*+1/p-4. The zero-order chi connectivity index (χ0) is 58.2. The predicted molar refractivity (Wildman–Crippen MR) is 280 cm³/mol. The van der Waals surface area contributed by atoms with E-state index >= 15 is 0 Å². The molecule has 0 saturated carbocycles. The van der Waals surface area contributed by atoms with Crippen LogP contribution < -0.4 is 139 Å². The van der Waals surface area contributed by atoms with Gasteiger partial charge in [-0.25, -0.2) is 33.7 Å². The summed E-state index contributed by atoms with van der Waals surface area (Å²) in [4.78, 5) is 80.7.